The van der Waals surface area contributed by atoms with Gasteiger partial charge < -0.3 is 14.6 Å². The Labute approximate surface area is 347 Å². The van der Waals surface area contributed by atoms with Gasteiger partial charge in [-0.05, 0) is 99.0 Å². The van der Waals surface area contributed by atoms with E-state index in [4.69, 9.17) is 4.42 Å². The molecule has 0 bridgehead atoms. The number of allylic oxidation sites excluding steroid dienone is 4. The van der Waals surface area contributed by atoms with E-state index in [1.54, 1.807) is 0 Å². The van der Waals surface area contributed by atoms with Crippen molar-refractivity contribution in [2.24, 2.45) is 0 Å². The molecule has 4 atom stereocenters. The summed E-state index contributed by atoms with van der Waals surface area (Å²) in [6.45, 7) is 2.28. The number of nitrogens with one attached hydrogen (secondary N) is 1. The van der Waals surface area contributed by atoms with E-state index in [0.29, 0.717) is 0 Å². The smallest absolute Gasteiger partial charge is 0.136 e. The average Bonchev–Trinajstić information content (AvgIpc) is 4.04. The van der Waals surface area contributed by atoms with Crippen molar-refractivity contribution in [2.75, 3.05) is 4.90 Å². The van der Waals surface area contributed by atoms with E-state index in [9.17, 15) is 0 Å². The molecule has 59 heavy (non-hydrogen) atoms. The summed E-state index contributed by atoms with van der Waals surface area (Å²) in [4.78, 5) is 5.23. The number of dihydropyridines is 1. The van der Waals surface area contributed by atoms with Crippen LogP contribution in [0.4, 0.5) is 11.4 Å². The van der Waals surface area contributed by atoms with Gasteiger partial charge in [0.1, 0.15) is 11.2 Å². The van der Waals surface area contributed by atoms with Crippen molar-refractivity contribution in [2.45, 2.75) is 35.7 Å². The predicted molar refractivity (Wildman–Crippen MR) is 244 cm³/mol. The van der Waals surface area contributed by atoms with Crippen LogP contribution in [0.1, 0.15) is 63.7 Å². The first-order chi connectivity index (χ1) is 29.2. The zero-order valence-electron chi connectivity index (χ0n) is 32.4. The third kappa shape index (κ3) is 4.72. The lowest BCUT2D eigenvalue weighted by Gasteiger charge is -2.32. The molecular formula is C55H38N2OS. The predicted octanol–water partition coefficient (Wildman–Crippen LogP) is 14.0. The minimum absolute atomic E-state index is 0.0878. The van der Waals surface area contributed by atoms with Crippen molar-refractivity contribution in [3.05, 3.63) is 237 Å². The van der Waals surface area contributed by atoms with Crippen molar-refractivity contribution < 1.29 is 4.42 Å². The fourth-order valence-electron chi connectivity index (χ4n) is 11.0. The summed E-state index contributed by atoms with van der Waals surface area (Å²) in [6.07, 6.45) is 4.89. The highest BCUT2D eigenvalue weighted by molar-refractivity contribution is 8.03. The van der Waals surface area contributed by atoms with E-state index in [2.05, 4.69) is 199 Å². The molecule has 4 heteroatoms. The Hall–Kier alpha value is -6.75. The highest BCUT2D eigenvalue weighted by atomic mass is 32.2. The third-order valence-electron chi connectivity index (χ3n) is 13.4. The molecule has 2 aliphatic carbocycles. The molecule has 3 unspecified atom stereocenters. The van der Waals surface area contributed by atoms with Crippen LogP contribution in [0.15, 0.2) is 207 Å². The van der Waals surface area contributed by atoms with E-state index in [-0.39, 0.29) is 23.9 Å². The monoisotopic (exact) mass is 774 g/mol. The molecule has 0 radical (unpaired) electrons. The van der Waals surface area contributed by atoms with Crippen molar-refractivity contribution in [1.29, 1.82) is 0 Å². The molecule has 0 saturated heterocycles. The summed E-state index contributed by atoms with van der Waals surface area (Å²) in [7, 11) is 0. The highest BCUT2D eigenvalue weighted by Gasteiger charge is 2.47. The summed E-state index contributed by atoms with van der Waals surface area (Å²) in [5, 5.41) is 6.36. The zero-order valence-corrected chi connectivity index (χ0v) is 33.2. The molecule has 7 aromatic carbocycles. The van der Waals surface area contributed by atoms with Crippen LogP contribution in [-0.2, 0) is 0 Å². The Morgan fingerprint density at radius 2 is 1.37 bits per heavy atom. The Morgan fingerprint density at radius 3 is 2.24 bits per heavy atom. The lowest BCUT2D eigenvalue weighted by molar-refractivity contribution is 0.667. The van der Waals surface area contributed by atoms with Crippen molar-refractivity contribution in [3.8, 4) is 0 Å². The first kappa shape index (κ1) is 33.2. The number of fused-ring (bicyclic) bond motifs is 12. The van der Waals surface area contributed by atoms with Crippen LogP contribution < -0.4 is 10.2 Å². The van der Waals surface area contributed by atoms with Gasteiger partial charge in [0, 0.05) is 55.0 Å². The molecular weight excluding hydrogens is 737 g/mol. The molecule has 5 aliphatic rings. The van der Waals surface area contributed by atoms with E-state index >= 15 is 0 Å². The van der Waals surface area contributed by atoms with Gasteiger partial charge in [-0.15, -0.1) is 0 Å². The van der Waals surface area contributed by atoms with Crippen LogP contribution >= 0.6 is 11.8 Å². The van der Waals surface area contributed by atoms with Crippen LogP contribution in [0, 0.1) is 0 Å². The minimum atomic E-state index is 0.0878. The standard InChI is InChI=1S/C55H38N2OS/c1-32-48(33-15-4-2-5-16-33)55-54(40-22-11-13-26-47(40)59-55)56-53(32)42-23-14-25-45-50(42)39-28-27-34(31-46(39)58-45)49-36-19-8-9-20-37(36)51-41(49)29-30-44-52(51)38-21-10-12-24-43(38)57(44)35-17-6-3-7-18-35/h2-31,44,49,52,54,56H,1H3/t44?,49-,52?,54?/m0/s1. The number of nitrogens with zero attached hydrogens (tertiary/aromatic N) is 1. The van der Waals surface area contributed by atoms with Crippen LogP contribution in [-0.4, -0.2) is 6.04 Å². The maximum atomic E-state index is 6.87. The molecule has 280 valence electrons. The topological polar surface area (TPSA) is 28.4 Å². The van der Waals surface area contributed by atoms with E-state index in [1.807, 2.05) is 11.8 Å². The molecule has 0 amide bonds. The number of hydrogen-bond donors (Lipinski definition) is 1. The van der Waals surface area contributed by atoms with Crippen LogP contribution in [0.5, 0.6) is 0 Å². The maximum absolute atomic E-state index is 6.87. The summed E-state index contributed by atoms with van der Waals surface area (Å²) >= 11 is 1.90. The number of para-hydroxylation sites is 2. The van der Waals surface area contributed by atoms with Gasteiger partial charge in [-0.2, -0.15) is 0 Å². The van der Waals surface area contributed by atoms with E-state index in [0.717, 1.165) is 27.6 Å². The van der Waals surface area contributed by atoms with Gasteiger partial charge in [0.05, 0.1) is 12.1 Å². The minimum Gasteiger partial charge on any atom is -0.456 e. The number of anilines is 2. The molecule has 4 heterocycles. The highest BCUT2D eigenvalue weighted by Crippen LogP contribution is 2.60. The lowest BCUT2D eigenvalue weighted by Crippen LogP contribution is -2.30. The van der Waals surface area contributed by atoms with Crippen molar-refractivity contribution in [1.82, 2.24) is 5.32 Å². The molecule has 3 aliphatic heterocycles. The van der Waals surface area contributed by atoms with Crippen LogP contribution in [0.2, 0.25) is 0 Å². The Balaban J connectivity index is 0.948. The number of thioether (sulfide) groups is 1. The van der Waals surface area contributed by atoms with Gasteiger partial charge in [0.25, 0.3) is 0 Å². The van der Waals surface area contributed by atoms with Crippen molar-refractivity contribution >= 4 is 61.9 Å². The van der Waals surface area contributed by atoms with Crippen LogP contribution in [0.3, 0.4) is 0 Å². The SMILES string of the molecule is CC1=C(c2cccc3oc4cc([C@@H]5C6=C(c7ccccc75)C5c7ccccc7N(c7ccccc7)C5C=C6)ccc4c23)NC2C(=C1c1ccccc1)Sc1ccccc12. The molecule has 0 saturated carbocycles. The summed E-state index contributed by atoms with van der Waals surface area (Å²) in [5.74, 6) is 0.338. The molecule has 1 N–H and O–H groups in total. The van der Waals surface area contributed by atoms with Gasteiger partial charge in [-0.25, -0.2) is 0 Å². The number of furan rings is 1. The van der Waals surface area contributed by atoms with Gasteiger partial charge in [0.2, 0.25) is 0 Å². The van der Waals surface area contributed by atoms with Crippen molar-refractivity contribution in [3.63, 3.8) is 0 Å². The molecule has 3 nitrogen and oxygen atoms in total. The first-order valence-electron chi connectivity index (χ1n) is 20.7. The second-order valence-corrected chi connectivity index (χ2v) is 17.4. The van der Waals surface area contributed by atoms with Gasteiger partial charge in [0.15, 0.2) is 0 Å². The Kier molecular flexibility index (Phi) is 7.11. The third-order valence-corrected chi connectivity index (χ3v) is 14.6. The summed E-state index contributed by atoms with van der Waals surface area (Å²) in [6, 6.07) is 62.5. The van der Waals surface area contributed by atoms with Gasteiger partial charge in [-0.3, -0.25) is 0 Å². The fourth-order valence-corrected chi connectivity index (χ4v) is 12.3. The zero-order chi connectivity index (χ0) is 38.8. The molecule has 1 aromatic heterocycles. The summed E-state index contributed by atoms with van der Waals surface area (Å²) < 4.78 is 6.87. The lowest BCUT2D eigenvalue weighted by atomic mass is 9.78. The van der Waals surface area contributed by atoms with Crippen LogP contribution in [0.25, 0.3) is 38.8 Å². The summed E-state index contributed by atoms with van der Waals surface area (Å²) in [5.41, 5.74) is 20.1. The molecule has 8 aromatic rings. The Bertz CT molecular complexity index is 3200. The largest absolute Gasteiger partial charge is 0.456 e. The van der Waals surface area contributed by atoms with Gasteiger partial charge >= 0.3 is 0 Å². The number of hydrogen-bond acceptors (Lipinski definition) is 4. The fraction of sp³-hybridized carbons (Fsp3) is 0.0909. The second-order valence-electron chi connectivity index (χ2n) is 16.3. The number of rotatable bonds is 4. The Morgan fingerprint density at radius 1 is 0.644 bits per heavy atom. The first-order valence-corrected chi connectivity index (χ1v) is 21.5. The number of benzene rings is 7. The molecule has 0 spiro atoms. The average molecular weight is 775 g/mol. The molecule has 0 fully saturated rings. The quantitative estimate of drug-likeness (QED) is 0.193. The van der Waals surface area contributed by atoms with Gasteiger partial charge in [-0.1, -0.05) is 157 Å². The van der Waals surface area contributed by atoms with E-state index < -0.39 is 0 Å². The normalized spacial score (nSPS) is 21.1. The second kappa shape index (κ2) is 12.6. The maximum Gasteiger partial charge on any atom is 0.136 e. The molecule has 13 rings (SSSR count). The van der Waals surface area contributed by atoms with E-state index in [1.165, 1.54) is 82.4 Å².